The van der Waals surface area contributed by atoms with Crippen LogP contribution in [-0.2, 0) is 12.8 Å². The molecule has 31 heavy (non-hydrogen) atoms. The fourth-order valence-corrected chi connectivity index (χ4v) is 3.28. The van der Waals surface area contributed by atoms with Crippen LogP contribution in [0.5, 0.6) is 0 Å². The lowest BCUT2D eigenvalue weighted by molar-refractivity contribution is 0.0994. The molecular formula is C24H22N4O3. The molecule has 0 fully saturated rings. The number of anilines is 2. The Hall–Kier alpha value is -4.00. The largest absolute Gasteiger partial charge is 0.459 e. The van der Waals surface area contributed by atoms with E-state index >= 15 is 0 Å². The molecule has 0 radical (unpaired) electrons. The van der Waals surface area contributed by atoms with E-state index in [9.17, 15) is 9.59 Å². The topological polar surface area (TPSA) is 97.1 Å². The number of amides is 2. The highest BCUT2D eigenvalue weighted by molar-refractivity contribution is 6.06. The summed E-state index contributed by atoms with van der Waals surface area (Å²) in [4.78, 5) is 34.1. The minimum absolute atomic E-state index is 0.231. The van der Waals surface area contributed by atoms with Gasteiger partial charge in [0.2, 0.25) is 0 Å². The third-order valence-corrected chi connectivity index (χ3v) is 4.90. The van der Waals surface area contributed by atoms with Crippen molar-refractivity contribution in [1.82, 2.24) is 9.97 Å². The molecule has 0 spiro atoms. The van der Waals surface area contributed by atoms with Gasteiger partial charge in [0.15, 0.2) is 5.76 Å². The van der Waals surface area contributed by atoms with E-state index in [1.165, 1.54) is 6.26 Å². The van der Waals surface area contributed by atoms with E-state index in [2.05, 4.69) is 27.5 Å². The summed E-state index contributed by atoms with van der Waals surface area (Å²) >= 11 is 0. The van der Waals surface area contributed by atoms with Gasteiger partial charge in [0.25, 0.3) is 11.8 Å². The number of rotatable bonds is 6. The molecular weight excluding hydrogens is 392 g/mol. The van der Waals surface area contributed by atoms with E-state index in [1.807, 2.05) is 13.0 Å². The molecule has 0 unspecified atom stereocenters. The Morgan fingerprint density at radius 1 is 0.806 bits per heavy atom. The van der Waals surface area contributed by atoms with Gasteiger partial charge in [-0.15, -0.1) is 0 Å². The van der Waals surface area contributed by atoms with Crippen LogP contribution in [-0.4, -0.2) is 21.8 Å². The second-order valence-electron chi connectivity index (χ2n) is 6.99. The Bertz CT molecular complexity index is 1230. The lowest BCUT2D eigenvalue weighted by atomic mass is 10.1. The number of nitrogens with zero attached hydrogens (tertiary/aromatic N) is 2. The highest BCUT2D eigenvalue weighted by atomic mass is 16.3. The van der Waals surface area contributed by atoms with Crippen LogP contribution in [0, 0.1) is 0 Å². The summed E-state index contributed by atoms with van der Waals surface area (Å²) in [5, 5.41) is 5.60. The van der Waals surface area contributed by atoms with Crippen molar-refractivity contribution in [2.75, 3.05) is 10.6 Å². The number of carbonyl (C=O) groups excluding carboxylic acids is 2. The van der Waals surface area contributed by atoms with Crippen molar-refractivity contribution in [2.45, 2.75) is 26.7 Å². The van der Waals surface area contributed by atoms with Gasteiger partial charge < -0.3 is 15.1 Å². The number of carbonyl (C=O) groups is 2. The van der Waals surface area contributed by atoms with Crippen molar-refractivity contribution in [3.63, 3.8) is 0 Å². The van der Waals surface area contributed by atoms with E-state index in [-0.39, 0.29) is 17.6 Å². The van der Waals surface area contributed by atoms with Crippen LogP contribution in [0.15, 0.2) is 65.3 Å². The predicted octanol–water partition coefficient (Wildman–Crippen LogP) is 4.85. The number of aryl methyl sites for hydroxylation is 2. The van der Waals surface area contributed by atoms with Crippen LogP contribution in [0.3, 0.4) is 0 Å². The summed E-state index contributed by atoms with van der Waals surface area (Å²) in [6.07, 6.45) is 3.06. The average Bonchev–Trinajstić information content (AvgIpc) is 3.34. The number of benzene rings is 2. The minimum atomic E-state index is -0.336. The Labute approximate surface area is 179 Å². The first-order chi connectivity index (χ1) is 15.1. The first-order valence-electron chi connectivity index (χ1n) is 10.1. The SMILES string of the molecule is CCc1nc2ccc(C(=O)Nc3ccc(NC(=O)c4ccco4)cc3)cc2nc1CC. The minimum Gasteiger partial charge on any atom is -0.459 e. The summed E-state index contributed by atoms with van der Waals surface area (Å²) in [6, 6.07) is 15.4. The van der Waals surface area contributed by atoms with E-state index in [0.717, 1.165) is 29.7 Å². The zero-order valence-corrected chi connectivity index (χ0v) is 17.3. The van der Waals surface area contributed by atoms with Crippen molar-refractivity contribution < 1.29 is 14.0 Å². The number of hydrogen-bond donors (Lipinski definition) is 2. The highest BCUT2D eigenvalue weighted by Crippen LogP contribution is 2.19. The van der Waals surface area contributed by atoms with Crippen LogP contribution in [0.1, 0.15) is 46.1 Å². The Balaban J connectivity index is 1.47. The lowest BCUT2D eigenvalue weighted by Crippen LogP contribution is -2.13. The summed E-state index contributed by atoms with van der Waals surface area (Å²) in [5.41, 5.74) is 5.15. The van der Waals surface area contributed by atoms with E-state index in [1.54, 1.807) is 48.5 Å². The summed E-state index contributed by atoms with van der Waals surface area (Å²) < 4.78 is 5.07. The van der Waals surface area contributed by atoms with Crippen molar-refractivity contribution >= 4 is 34.2 Å². The number of hydrogen-bond acceptors (Lipinski definition) is 5. The van der Waals surface area contributed by atoms with Gasteiger partial charge in [0.05, 0.1) is 28.7 Å². The molecule has 0 saturated carbocycles. The van der Waals surface area contributed by atoms with E-state index < -0.39 is 0 Å². The monoisotopic (exact) mass is 414 g/mol. The molecule has 0 bridgehead atoms. The van der Waals surface area contributed by atoms with Gasteiger partial charge in [-0.25, -0.2) is 9.97 Å². The molecule has 2 aromatic carbocycles. The van der Waals surface area contributed by atoms with Gasteiger partial charge in [-0.3, -0.25) is 9.59 Å². The zero-order valence-electron chi connectivity index (χ0n) is 17.3. The van der Waals surface area contributed by atoms with Crippen LogP contribution in [0.2, 0.25) is 0 Å². The van der Waals surface area contributed by atoms with Crippen molar-refractivity contribution in [3.8, 4) is 0 Å². The Morgan fingerprint density at radius 3 is 2.00 bits per heavy atom. The van der Waals surface area contributed by atoms with E-state index in [4.69, 9.17) is 4.42 Å². The van der Waals surface area contributed by atoms with Gasteiger partial charge in [-0.1, -0.05) is 13.8 Å². The molecule has 2 aromatic heterocycles. The highest BCUT2D eigenvalue weighted by Gasteiger charge is 2.12. The number of nitrogens with one attached hydrogen (secondary N) is 2. The van der Waals surface area contributed by atoms with Gasteiger partial charge in [-0.05, 0) is 67.4 Å². The number of furan rings is 1. The summed E-state index contributed by atoms with van der Waals surface area (Å²) in [7, 11) is 0. The van der Waals surface area contributed by atoms with Gasteiger partial charge in [-0.2, -0.15) is 0 Å². The predicted molar refractivity (Wildman–Crippen MR) is 119 cm³/mol. The van der Waals surface area contributed by atoms with Crippen molar-refractivity contribution in [2.24, 2.45) is 0 Å². The molecule has 0 aliphatic heterocycles. The standard InChI is InChI=1S/C24H22N4O3/c1-3-18-19(4-2)28-21-14-15(7-12-20(21)27-18)23(29)25-16-8-10-17(11-9-16)26-24(30)22-6-5-13-31-22/h5-14H,3-4H2,1-2H3,(H,25,29)(H,26,30). The second kappa shape index (κ2) is 8.79. The Kier molecular flexibility index (Phi) is 5.75. The van der Waals surface area contributed by atoms with Crippen LogP contribution in [0.4, 0.5) is 11.4 Å². The molecule has 0 atom stereocenters. The lowest BCUT2D eigenvalue weighted by Gasteiger charge is -2.09. The smallest absolute Gasteiger partial charge is 0.291 e. The summed E-state index contributed by atoms with van der Waals surface area (Å²) in [6.45, 7) is 4.11. The maximum Gasteiger partial charge on any atom is 0.291 e. The third-order valence-electron chi connectivity index (χ3n) is 4.90. The van der Waals surface area contributed by atoms with Crippen molar-refractivity contribution in [1.29, 1.82) is 0 Å². The molecule has 2 heterocycles. The van der Waals surface area contributed by atoms with Crippen LogP contribution < -0.4 is 10.6 Å². The van der Waals surface area contributed by atoms with Gasteiger partial charge in [0, 0.05) is 16.9 Å². The number of aromatic nitrogens is 2. The molecule has 2 N–H and O–H groups in total. The molecule has 0 saturated heterocycles. The third kappa shape index (κ3) is 4.45. The molecule has 4 rings (SSSR count). The molecule has 156 valence electrons. The molecule has 4 aromatic rings. The van der Waals surface area contributed by atoms with Gasteiger partial charge in [0.1, 0.15) is 0 Å². The first kappa shape index (κ1) is 20.3. The van der Waals surface area contributed by atoms with E-state index in [0.29, 0.717) is 22.5 Å². The maximum absolute atomic E-state index is 12.7. The normalized spacial score (nSPS) is 10.8. The fourth-order valence-electron chi connectivity index (χ4n) is 3.28. The molecule has 7 nitrogen and oxygen atoms in total. The Morgan fingerprint density at radius 2 is 1.42 bits per heavy atom. The zero-order chi connectivity index (χ0) is 21.8. The quantitative estimate of drug-likeness (QED) is 0.470. The summed E-state index contributed by atoms with van der Waals surface area (Å²) in [5.74, 6) is -0.348. The number of fused-ring (bicyclic) bond motifs is 1. The molecule has 0 aliphatic rings. The first-order valence-corrected chi connectivity index (χ1v) is 10.1. The molecule has 0 aliphatic carbocycles. The second-order valence-corrected chi connectivity index (χ2v) is 6.99. The maximum atomic E-state index is 12.7. The molecule has 7 heteroatoms. The molecule has 2 amide bonds. The van der Waals surface area contributed by atoms with Gasteiger partial charge >= 0.3 is 0 Å². The average molecular weight is 414 g/mol. The van der Waals surface area contributed by atoms with Crippen molar-refractivity contribution in [3.05, 3.63) is 83.6 Å². The van der Waals surface area contributed by atoms with Crippen LogP contribution in [0.25, 0.3) is 11.0 Å². The fraction of sp³-hybridized carbons (Fsp3) is 0.167. The van der Waals surface area contributed by atoms with Crippen LogP contribution >= 0.6 is 0 Å².